The maximum Gasteiger partial charge on any atom is 0.326 e. The molecule has 0 bridgehead atoms. The van der Waals surface area contributed by atoms with Crippen molar-refractivity contribution in [3.05, 3.63) is 30.3 Å². The number of rotatable bonds is 10. The Kier molecular flexibility index (Phi) is 7.79. The van der Waals surface area contributed by atoms with Crippen LogP contribution in [0.25, 0.3) is 0 Å². The Morgan fingerprint density at radius 3 is 2.52 bits per heavy atom. The van der Waals surface area contributed by atoms with E-state index in [-0.39, 0.29) is 5.97 Å². The lowest BCUT2D eigenvalue weighted by Gasteiger charge is -2.26. The molecule has 1 aromatic rings. The molecule has 0 fully saturated rings. The Hall–Kier alpha value is -1.59. The zero-order chi connectivity index (χ0) is 15.6. The van der Waals surface area contributed by atoms with Gasteiger partial charge in [-0.25, -0.2) is 0 Å². The number of ether oxygens (including phenoxy) is 3. The van der Waals surface area contributed by atoms with E-state index in [0.717, 1.165) is 5.75 Å². The highest BCUT2D eigenvalue weighted by molar-refractivity contribution is 5.80. The number of nitrogens with one attached hydrogen (secondary N) is 1. The summed E-state index contributed by atoms with van der Waals surface area (Å²) in [5, 5.41) is 2.99. The smallest absolute Gasteiger partial charge is 0.326 e. The second-order valence-electron chi connectivity index (χ2n) is 4.83. The van der Waals surface area contributed by atoms with Crippen molar-refractivity contribution in [2.45, 2.75) is 25.8 Å². The van der Waals surface area contributed by atoms with Crippen LogP contribution in [0.5, 0.6) is 5.75 Å². The van der Waals surface area contributed by atoms with Crippen LogP contribution in [0.2, 0.25) is 0 Å². The van der Waals surface area contributed by atoms with Gasteiger partial charge in [0.1, 0.15) is 17.9 Å². The highest BCUT2D eigenvalue weighted by atomic mass is 16.5. The molecule has 1 rings (SSSR count). The molecule has 0 heterocycles. The zero-order valence-electron chi connectivity index (χ0n) is 13.1. The van der Waals surface area contributed by atoms with Crippen LogP contribution in [0.4, 0.5) is 0 Å². The van der Waals surface area contributed by atoms with E-state index in [2.05, 4.69) is 5.32 Å². The molecule has 0 radical (unpaired) electrons. The van der Waals surface area contributed by atoms with Crippen molar-refractivity contribution < 1.29 is 19.0 Å². The van der Waals surface area contributed by atoms with Gasteiger partial charge in [-0.3, -0.25) is 4.79 Å². The maximum atomic E-state index is 11.8. The largest absolute Gasteiger partial charge is 0.491 e. The summed E-state index contributed by atoms with van der Waals surface area (Å²) in [4.78, 5) is 11.8. The molecule has 0 spiro atoms. The fourth-order valence-corrected chi connectivity index (χ4v) is 1.73. The maximum absolute atomic E-state index is 11.8. The van der Waals surface area contributed by atoms with Crippen LogP contribution in [0.1, 0.15) is 20.3 Å². The number of carbonyl (C=O) groups excluding carboxylic acids is 1. The molecule has 1 aromatic carbocycles. The second-order valence-corrected chi connectivity index (χ2v) is 4.83. The van der Waals surface area contributed by atoms with Crippen LogP contribution in [0, 0.1) is 0 Å². The Morgan fingerprint density at radius 1 is 1.19 bits per heavy atom. The van der Waals surface area contributed by atoms with Crippen molar-refractivity contribution in [3.8, 4) is 5.75 Å². The van der Waals surface area contributed by atoms with Crippen LogP contribution in [0.3, 0.4) is 0 Å². The first kappa shape index (κ1) is 17.5. The lowest BCUT2D eigenvalue weighted by Crippen LogP contribution is -2.49. The van der Waals surface area contributed by atoms with E-state index in [1.807, 2.05) is 37.3 Å². The van der Waals surface area contributed by atoms with E-state index in [4.69, 9.17) is 14.2 Å². The van der Waals surface area contributed by atoms with Gasteiger partial charge in [0, 0.05) is 6.61 Å². The molecule has 21 heavy (non-hydrogen) atoms. The van der Waals surface area contributed by atoms with Gasteiger partial charge in [0.2, 0.25) is 0 Å². The predicted octanol–water partition coefficient (Wildman–Crippen LogP) is 2.01. The highest BCUT2D eigenvalue weighted by Gasteiger charge is 2.32. The van der Waals surface area contributed by atoms with Gasteiger partial charge in [-0.15, -0.1) is 0 Å². The predicted molar refractivity (Wildman–Crippen MR) is 81.5 cm³/mol. The first-order valence-corrected chi connectivity index (χ1v) is 7.24. The molecular weight excluding hydrogens is 270 g/mol. The fraction of sp³-hybridized carbons (Fsp3) is 0.562. The molecule has 0 aliphatic heterocycles. The summed E-state index contributed by atoms with van der Waals surface area (Å²) in [7, 11) is 1.75. The quantitative estimate of drug-likeness (QED) is 0.528. The van der Waals surface area contributed by atoms with Crippen LogP contribution in [-0.4, -0.2) is 45.0 Å². The van der Waals surface area contributed by atoms with Gasteiger partial charge in [0.05, 0.1) is 13.2 Å². The van der Waals surface area contributed by atoms with E-state index in [0.29, 0.717) is 32.8 Å². The first-order chi connectivity index (χ1) is 10.1. The topological polar surface area (TPSA) is 56.8 Å². The standard InChI is InChI=1S/C16H25NO4/c1-4-20-15(18)16(2,17-3)10-11-19-12-13-21-14-8-6-5-7-9-14/h5-9,17H,4,10-13H2,1-3H3. The second kappa shape index (κ2) is 9.37. The van der Waals surface area contributed by atoms with Gasteiger partial charge in [-0.1, -0.05) is 18.2 Å². The first-order valence-electron chi connectivity index (χ1n) is 7.24. The van der Waals surface area contributed by atoms with Crippen molar-refractivity contribution in [2.24, 2.45) is 0 Å². The zero-order valence-corrected chi connectivity index (χ0v) is 13.1. The molecule has 0 aliphatic rings. The Bertz CT molecular complexity index is 410. The van der Waals surface area contributed by atoms with E-state index in [1.54, 1.807) is 14.0 Å². The number of para-hydroxylation sites is 1. The minimum atomic E-state index is -0.712. The van der Waals surface area contributed by atoms with Crippen LogP contribution >= 0.6 is 0 Å². The van der Waals surface area contributed by atoms with E-state index in [1.165, 1.54) is 0 Å². The number of benzene rings is 1. The number of esters is 1. The number of likely N-dealkylation sites (N-methyl/N-ethyl adjacent to an activating group) is 1. The summed E-state index contributed by atoms with van der Waals surface area (Å²) in [5.41, 5.74) is -0.712. The van der Waals surface area contributed by atoms with Crippen molar-refractivity contribution in [3.63, 3.8) is 0 Å². The molecule has 0 aromatic heterocycles. The monoisotopic (exact) mass is 295 g/mol. The molecule has 5 heteroatoms. The minimum absolute atomic E-state index is 0.253. The number of hydrogen-bond acceptors (Lipinski definition) is 5. The SMILES string of the molecule is CCOC(=O)C(C)(CCOCCOc1ccccc1)NC. The molecule has 118 valence electrons. The van der Waals surface area contributed by atoms with Gasteiger partial charge in [0.15, 0.2) is 0 Å². The molecule has 1 unspecified atom stereocenters. The van der Waals surface area contributed by atoms with Crippen LogP contribution < -0.4 is 10.1 Å². The normalized spacial score (nSPS) is 13.5. The summed E-state index contributed by atoms with van der Waals surface area (Å²) in [6, 6.07) is 9.59. The van der Waals surface area contributed by atoms with Gasteiger partial charge in [-0.2, -0.15) is 0 Å². The Morgan fingerprint density at radius 2 is 1.90 bits per heavy atom. The summed E-state index contributed by atoms with van der Waals surface area (Å²) in [6.45, 7) is 5.42. The Balaban J connectivity index is 2.19. The van der Waals surface area contributed by atoms with Crippen LogP contribution in [0.15, 0.2) is 30.3 Å². The summed E-state index contributed by atoms with van der Waals surface area (Å²) < 4.78 is 16.1. The molecule has 1 N–H and O–H groups in total. The molecule has 0 saturated heterocycles. The van der Waals surface area contributed by atoms with Crippen molar-refractivity contribution >= 4 is 5.97 Å². The molecule has 0 amide bonds. The van der Waals surface area contributed by atoms with Gasteiger partial charge in [0.25, 0.3) is 0 Å². The van der Waals surface area contributed by atoms with E-state index >= 15 is 0 Å². The van der Waals surface area contributed by atoms with Crippen molar-refractivity contribution in [1.82, 2.24) is 5.32 Å². The molecule has 0 aliphatic carbocycles. The third-order valence-corrected chi connectivity index (χ3v) is 3.26. The summed E-state index contributed by atoms with van der Waals surface area (Å²) >= 11 is 0. The average molecular weight is 295 g/mol. The fourth-order valence-electron chi connectivity index (χ4n) is 1.73. The summed E-state index contributed by atoms with van der Waals surface area (Å²) in [6.07, 6.45) is 0.549. The average Bonchev–Trinajstić information content (AvgIpc) is 2.51. The van der Waals surface area contributed by atoms with Crippen molar-refractivity contribution in [2.75, 3.05) is 33.5 Å². The summed E-state index contributed by atoms with van der Waals surface area (Å²) in [5.74, 6) is 0.573. The highest BCUT2D eigenvalue weighted by Crippen LogP contribution is 2.12. The Labute approximate surface area is 126 Å². The molecule has 1 atom stereocenters. The lowest BCUT2D eigenvalue weighted by molar-refractivity contribution is -0.151. The van der Waals surface area contributed by atoms with E-state index in [9.17, 15) is 4.79 Å². The van der Waals surface area contributed by atoms with Crippen molar-refractivity contribution in [1.29, 1.82) is 0 Å². The number of carbonyl (C=O) groups is 1. The molecule has 5 nitrogen and oxygen atoms in total. The molecular formula is C16H25NO4. The van der Waals surface area contributed by atoms with Crippen LogP contribution in [-0.2, 0) is 14.3 Å². The lowest BCUT2D eigenvalue weighted by atomic mass is 9.99. The third kappa shape index (κ3) is 6.14. The van der Waals surface area contributed by atoms with E-state index < -0.39 is 5.54 Å². The number of hydrogen-bond donors (Lipinski definition) is 1. The van der Waals surface area contributed by atoms with Gasteiger partial charge >= 0.3 is 5.97 Å². The third-order valence-electron chi connectivity index (χ3n) is 3.26. The van der Waals surface area contributed by atoms with Gasteiger partial charge < -0.3 is 19.5 Å². The minimum Gasteiger partial charge on any atom is -0.491 e. The van der Waals surface area contributed by atoms with Gasteiger partial charge in [-0.05, 0) is 39.4 Å². The molecule has 0 saturated carbocycles.